The van der Waals surface area contributed by atoms with E-state index < -0.39 is 18.6 Å². The van der Waals surface area contributed by atoms with E-state index >= 15 is 0 Å². The largest absolute Gasteiger partial charge is 0.391 e. The van der Waals surface area contributed by atoms with Gasteiger partial charge in [0.1, 0.15) is 0 Å². The molecule has 6 nitrogen and oxygen atoms in total. The molecule has 1 amide bonds. The van der Waals surface area contributed by atoms with Crippen LogP contribution in [0.5, 0.6) is 0 Å². The first-order chi connectivity index (χ1) is 11.5. The minimum Gasteiger partial charge on any atom is -0.391 e. The van der Waals surface area contributed by atoms with Crippen molar-refractivity contribution in [1.29, 1.82) is 0 Å². The lowest BCUT2D eigenvalue weighted by atomic mass is 10.00. The van der Waals surface area contributed by atoms with Gasteiger partial charge in [-0.25, -0.2) is 4.68 Å². The van der Waals surface area contributed by atoms with Crippen molar-refractivity contribution in [1.82, 2.24) is 19.7 Å². The molecule has 0 bridgehead atoms. The molecule has 0 unspecified atom stereocenters. The van der Waals surface area contributed by atoms with E-state index in [0.29, 0.717) is 17.6 Å². The Morgan fingerprint density at radius 1 is 1.42 bits per heavy atom. The molecule has 2 aromatic rings. The molecule has 2 aromatic heterocycles. The summed E-state index contributed by atoms with van der Waals surface area (Å²) in [5, 5.41) is 13.9. The molecule has 24 heavy (non-hydrogen) atoms. The Balaban J connectivity index is 1.70. The van der Waals surface area contributed by atoms with Gasteiger partial charge in [-0.15, -0.1) is 0 Å². The summed E-state index contributed by atoms with van der Waals surface area (Å²) in [5.74, 6) is -0.581. The third kappa shape index (κ3) is 3.28. The molecule has 128 valence electrons. The van der Waals surface area contributed by atoms with Gasteiger partial charge < -0.3 is 10.0 Å². The highest BCUT2D eigenvalue weighted by atomic mass is 19.3. The Morgan fingerprint density at radius 2 is 2.21 bits per heavy atom. The fourth-order valence-electron chi connectivity index (χ4n) is 2.96. The average molecular weight is 336 g/mol. The van der Waals surface area contributed by atoms with E-state index in [1.165, 1.54) is 17.9 Å². The number of carbonyl (C=O) groups excluding carboxylic acids is 1. The fourth-order valence-corrected chi connectivity index (χ4v) is 2.96. The molecule has 3 heterocycles. The second-order valence-corrected chi connectivity index (χ2v) is 5.96. The van der Waals surface area contributed by atoms with Gasteiger partial charge in [-0.2, -0.15) is 13.9 Å². The maximum absolute atomic E-state index is 12.8. The lowest BCUT2D eigenvalue weighted by Crippen LogP contribution is -2.30. The second-order valence-electron chi connectivity index (χ2n) is 5.96. The van der Waals surface area contributed by atoms with Gasteiger partial charge in [-0.1, -0.05) is 6.07 Å². The zero-order valence-corrected chi connectivity index (χ0v) is 13.1. The molecule has 1 N–H and O–H groups in total. The molecule has 1 aliphatic rings. The fraction of sp³-hybridized carbons (Fsp3) is 0.438. The van der Waals surface area contributed by atoms with Gasteiger partial charge in [0.25, 0.3) is 5.91 Å². The van der Waals surface area contributed by atoms with E-state index in [4.69, 9.17) is 0 Å². The quantitative estimate of drug-likeness (QED) is 0.922. The number of aliphatic hydroxyl groups is 1. The van der Waals surface area contributed by atoms with Crippen LogP contribution in [0.1, 0.15) is 28.4 Å². The van der Waals surface area contributed by atoms with Crippen molar-refractivity contribution in [3.63, 3.8) is 0 Å². The molecule has 1 aliphatic heterocycles. The van der Waals surface area contributed by atoms with E-state index in [1.807, 2.05) is 18.2 Å². The van der Waals surface area contributed by atoms with Gasteiger partial charge in [0, 0.05) is 36.6 Å². The molecule has 3 rings (SSSR count). The number of alkyl halides is 2. The van der Waals surface area contributed by atoms with E-state index in [0.717, 1.165) is 5.69 Å². The number of nitrogens with zero attached hydrogens (tertiary/aromatic N) is 4. The zero-order valence-electron chi connectivity index (χ0n) is 13.1. The Hall–Kier alpha value is -2.35. The highest BCUT2D eigenvalue weighted by Crippen LogP contribution is 2.23. The summed E-state index contributed by atoms with van der Waals surface area (Å²) in [6.07, 6.45) is 1.56. The van der Waals surface area contributed by atoms with Gasteiger partial charge in [-0.05, 0) is 31.5 Å². The predicted molar refractivity (Wildman–Crippen MR) is 81.6 cm³/mol. The third-order valence-electron chi connectivity index (χ3n) is 4.22. The van der Waals surface area contributed by atoms with Crippen molar-refractivity contribution in [2.24, 2.45) is 5.92 Å². The average Bonchev–Trinajstić information content (AvgIpc) is 3.11. The van der Waals surface area contributed by atoms with E-state index in [9.17, 15) is 18.7 Å². The summed E-state index contributed by atoms with van der Waals surface area (Å²) in [6.45, 7) is -0.806. The predicted octanol–water partition coefficient (Wildman–Crippen LogP) is 1.66. The van der Waals surface area contributed by atoms with Crippen LogP contribution in [0, 0.1) is 12.8 Å². The normalized spacial score (nSPS) is 20.8. The van der Waals surface area contributed by atoms with E-state index in [-0.39, 0.29) is 23.9 Å². The van der Waals surface area contributed by atoms with Crippen molar-refractivity contribution in [2.75, 3.05) is 13.1 Å². The standard InChI is InChI=1S/C16H18F2N4O2/c1-10-6-13(20-22(10)16(17)18)15(24)21-8-11(14(23)9-21)7-12-4-2-3-5-19-12/h2-6,11,14,16,23H,7-9H2,1H3/t11-,14-/m1/s1. The van der Waals surface area contributed by atoms with Crippen LogP contribution < -0.4 is 0 Å². The number of β-amino-alcohol motifs (C(OH)–C–C–N with tert-alkyl or cyclic N) is 1. The molecule has 0 radical (unpaired) electrons. The molecule has 0 aliphatic carbocycles. The van der Waals surface area contributed by atoms with Crippen LogP contribution in [0.3, 0.4) is 0 Å². The number of hydrogen-bond acceptors (Lipinski definition) is 4. The van der Waals surface area contributed by atoms with Crippen molar-refractivity contribution in [2.45, 2.75) is 26.0 Å². The summed E-state index contributed by atoms with van der Waals surface area (Å²) < 4.78 is 26.1. The Kier molecular flexibility index (Phi) is 4.57. The highest BCUT2D eigenvalue weighted by Gasteiger charge is 2.35. The molecule has 1 saturated heterocycles. The van der Waals surface area contributed by atoms with Crippen molar-refractivity contribution in [3.05, 3.63) is 47.5 Å². The van der Waals surface area contributed by atoms with Crippen LogP contribution in [-0.4, -0.2) is 49.9 Å². The third-order valence-corrected chi connectivity index (χ3v) is 4.22. The van der Waals surface area contributed by atoms with Crippen LogP contribution in [0.4, 0.5) is 8.78 Å². The monoisotopic (exact) mass is 336 g/mol. The zero-order chi connectivity index (χ0) is 17.3. The minimum absolute atomic E-state index is 0.0292. The van der Waals surface area contributed by atoms with Crippen LogP contribution in [0.25, 0.3) is 0 Å². The highest BCUT2D eigenvalue weighted by molar-refractivity contribution is 5.92. The maximum atomic E-state index is 12.8. The molecular weight excluding hydrogens is 318 g/mol. The molecule has 0 spiro atoms. The van der Waals surface area contributed by atoms with Gasteiger partial charge in [0.15, 0.2) is 5.69 Å². The maximum Gasteiger partial charge on any atom is 0.333 e. The topological polar surface area (TPSA) is 71.2 Å². The summed E-state index contributed by atoms with van der Waals surface area (Å²) in [4.78, 5) is 18.1. The molecule has 2 atom stereocenters. The summed E-state index contributed by atoms with van der Waals surface area (Å²) in [5.41, 5.74) is 1.03. The Morgan fingerprint density at radius 3 is 2.83 bits per heavy atom. The Labute approximate surface area is 137 Å². The van der Waals surface area contributed by atoms with Crippen molar-refractivity contribution >= 4 is 5.91 Å². The number of aryl methyl sites for hydroxylation is 1. The second kappa shape index (κ2) is 6.64. The first kappa shape index (κ1) is 16.5. The molecule has 1 fully saturated rings. The van der Waals surface area contributed by atoms with Crippen LogP contribution in [0.15, 0.2) is 30.5 Å². The molecule has 0 saturated carbocycles. The number of aromatic nitrogens is 3. The molecule has 8 heteroatoms. The van der Waals surface area contributed by atoms with E-state index in [2.05, 4.69) is 10.1 Å². The Bertz CT molecular complexity index is 720. The smallest absolute Gasteiger partial charge is 0.333 e. The number of aliphatic hydroxyl groups excluding tert-OH is 1. The van der Waals surface area contributed by atoms with Gasteiger partial charge in [0.2, 0.25) is 0 Å². The number of pyridine rings is 1. The number of halogens is 2. The van der Waals surface area contributed by atoms with E-state index in [1.54, 1.807) is 6.20 Å². The number of carbonyl (C=O) groups is 1. The van der Waals surface area contributed by atoms with Gasteiger partial charge in [0.05, 0.1) is 6.10 Å². The first-order valence-corrected chi connectivity index (χ1v) is 7.67. The lowest BCUT2D eigenvalue weighted by Gasteiger charge is -2.14. The van der Waals surface area contributed by atoms with Gasteiger partial charge in [-0.3, -0.25) is 9.78 Å². The first-order valence-electron chi connectivity index (χ1n) is 7.67. The summed E-state index contributed by atoms with van der Waals surface area (Å²) in [6, 6.07) is 6.89. The molecule has 0 aromatic carbocycles. The number of hydrogen-bond donors (Lipinski definition) is 1. The SMILES string of the molecule is Cc1cc(C(=O)N2C[C@@H](Cc3ccccn3)[C@H](O)C2)nn1C(F)F. The van der Waals surface area contributed by atoms with Crippen molar-refractivity contribution in [3.8, 4) is 0 Å². The van der Waals surface area contributed by atoms with Crippen LogP contribution >= 0.6 is 0 Å². The minimum atomic E-state index is -2.78. The number of likely N-dealkylation sites (tertiary alicyclic amines) is 1. The summed E-state index contributed by atoms with van der Waals surface area (Å²) >= 11 is 0. The van der Waals surface area contributed by atoms with Crippen LogP contribution in [-0.2, 0) is 6.42 Å². The van der Waals surface area contributed by atoms with Gasteiger partial charge >= 0.3 is 6.55 Å². The van der Waals surface area contributed by atoms with Crippen LogP contribution in [0.2, 0.25) is 0 Å². The summed E-state index contributed by atoms with van der Waals surface area (Å²) in [7, 11) is 0. The number of amides is 1. The number of rotatable bonds is 4. The lowest BCUT2D eigenvalue weighted by molar-refractivity contribution is 0.0532. The molecular formula is C16H18F2N4O2. The van der Waals surface area contributed by atoms with Crippen molar-refractivity contribution < 1.29 is 18.7 Å².